The van der Waals surface area contributed by atoms with E-state index in [0.717, 1.165) is 10.4 Å². The van der Waals surface area contributed by atoms with Crippen molar-refractivity contribution < 1.29 is 18.7 Å². The molecule has 0 saturated heterocycles. The molecule has 0 spiro atoms. The van der Waals surface area contributed by atoms with E-state index in [1.807, 2.05) is 23.6 Å². The fourth-order valence-electron chi connectivity index (χ4n) is 2.75. The van der Waals surface area contributed by atoms with E-state index in [-0.39, 0.29) is 18.3 Å². The standard InChI is InChI=1S/C23H19FN2O3S/c1-28-22-15-17(4-10-21(22)29-13-12-25)5-11-23(27)26(16-20-3-2-14-30-20)19-8-6-18(24)7-9-19/h2-11,14-15H,13,16H2,1H3/b11-5+. The smallest absolute Gasteiger partial charge is 0.251 e. The second-order valence-electron chi connectivity index (χ2n) is 6.17. The van der Waals surface area contributed by atoms with Crippen LogP contribution in [0.2, 0.25) is 0 Å². The zero-order chi connectivity index (χ0) is 21.3. The lowest BCUT2D eigenvalue weighted by atomic mass is 10.1. The molecule has 0 aliphatic rings. The summed E-state index contributed by atoms with van der Waals surface area (Å²) in [4.78, 5) is 15.6. The Morgan fingerprint density at radius 1 is 1.20 bits per heavy atom. The normalized spacial score (nSPS) is 10.6. The van der Waals surface area contributed by atoms with E-state index in [1.54, 1.807) is 52.6 Å². The maximum Gasteiger partial charge on any atom is 0.251 e. The molecule has 7 heteroatoms. The van der Waals surface area contributed by atoms with Gasteiger partial charge in [0.25, 0.3) is 5.91 Å². The highest BCUT2D eigenvalue weighted by Gasteiger charge is 2.15. The molecule has 1 aromatic heterocycles. The van der Waals surface area contributed by atoms with Crippen LogP contribution in [-0.4, -0.2) is 19.6 Å². The number of anilines is 1. The molecular formula is C23H19FN2O3S. The SMILES string of the molecule is COc1cc(/C=C/C(=O)N(Cc2cccs2)c2ccc(F)cc2)ccc1OCC#N. The molecule has 0 aliphatic heterocycles. The van der Waals surface area contributed by atoms with Crippen molar-refractivity contribution in [3.8, 4) is 17.6 Å². The average molecular weight is 422 g/mol. The minimum absolute atomic E-state index is 0.0839. The number of hydrogen-bond donors (Lipinski definition) is 0. The molecule has 3 aromatic rings. The highest BCUT2D eigenvalue weighted by atomic mass is 32.1. The summed E-state index contributed by atoms with van der Waals surface area (Å²) in [7, 11) is 1.50. The lowest BCUT2D eigenvalue weighted by Crippen LogP contribution is -2.28. The van der Waals surface area contributed by atoms with Gasteiger partial charge in [-0.05, 0) is 59.5 Å². The predicted molar refractivity (Wildman–Crippen MR) is 115 cm³/mol. The lowest BCUT2D eigenvalue weighted by molar-refractivity contribution is -0.114. The molecule has 0 bridgehead atoms. The molecule has 1 amide bonds. The van der Waals surface area contributed by atoms with Crippen molar-refractivity contribution >= 4 is 29.0 Å². The largest absolute Gasteiger partial charge is 0.493 e. The van der Waals surface area contributed by atoms with Gasteiger partial charge < -0.3 is 14.4 Å². The van der Waals surface area contributed by atoms with Crippen molar-refractivity contribution in [2.75, 3.05) is 18.6 Å². The van der Waals surface area contributed by atoms with Crippen LogP contribution in [-0.2, 0) is 11.3 Å². The van der Waals surface area contributed by atoms with Crippen LogP contribution in [0.5, 0.6) is 11.5 Å². The number of rotatable bonds is 8. The minimum Gasteiger partial charge on any atom is -0.493 e. The van der Waals surface area contributed by atoms with Crippen molar-refractivity contribution in [1.29, 1.82) is 5.26 Å². The van der Waals surface area contributed by atoms with Crippen LogP contribution in [0.3, 0.4) is 0 Å². The third-order valence-corrected chi connectivity index (χ3v) is 5.06. The summed E-state index contributed by atoms with van der Waals surface area (Å²) in [5.41, 5.74) is 1.34. The Morgan fingerprint density at radius 3 is 2.67 bits per heavy atom. The number of thiophene rings is 1. The number of carbonyl (C=O) groups is 1. The summed E-state index contributed by atoms with van der Waals surface area (Å²) in [6, 6.07) is 16.8. The first-order chi connectivity index (χ1) is 14.6. The summed E-state index contributed by atoms with van der Waals surface area (Å²) in [6.07, 6.45) is 3.13. The Morgan fingerprint density at radius 2 is 2.00 bits per heavy atom. The van der Waals surface area contributed by atoms with Crippen molar-refractivity contribution in [2.45, 2.75) is 6.54 Å². The van der Waals surface area contributed by atoms with Gasteiger partial charge in [0.05, 0.1) is 13.7 Å². The third kappa shape index (κ3) is 5.46. The average Bonchev–Trinajstić information content (AvgIpc) is 3.28. The fourth-order valence-corrected chi connectivity index (χ4v) is 3.44. The number of hydrogen-bond acceptors (Lipinski definition) is 5. The molecule has 152 valence electrons. The van der Waals surface area contributed by atoms with Crippen LogP contribution >= 0.6 is 11.3 Å². The summed E-state index contributed by atoms with van der Waals surface area (Å²) in [5.74, 6) is 0.324. The Hall–Kier alpha value is -3.63. The van der Waals surface area contributed by atoms with Gasteiger partial charge >= 0.3 is 0 Å². The predicted octanol–water partition coefficient (Wildman–Crippen LogP) is 5.04. The van der Waals surface area contributed by atoms with Gasteiger partial charge in [-0.2, -0.15) is 5.26 Å². The molecule has 30 heavy (non-hydrogen) atoms. The van der Waals surface area contributed by atoms with E-state index in [4.69, 9.17) is 14.7 Å². The first-order valence-corrected chi connectivity index (χ1v) is 9.94. The van der Waals surface area contributed by atoms with E-state index < -0.39 is 0 Å². The lowest BCUT2D eigenvalue weighted by Gasteiger charge is -2.21. The van der Waals surface area contributed by atoms with Crippen molar-refractivity contribution in [3.05, 3.63) is 82.3 Å². The molecule has 0 fully saturated rings. The molecule has 0 N–H and O–H groups in total. The Balaban J connectivity index is 1.81. The van der Waals surface area contributed by atoms with E-state index in [2.05, 4.69) is 0 Å². The van der Waals surface area contributed by atoms with E-state index in [0.29, 0.717) is 23.7 Å². The van der Waals surface area contributed by atoms with Crippen molar-refractivity contribution in [3.63, 3.8) is 0 Å². The second kappa shape index (κ2) is 10.2. The Labute approximate surface area is 178 Å². The number of halogens is 1. The number of nitriles is 1. The molecule has 0 atom stereocenters. The number of methoxy groups -OCH3 is 1. The second-order valence-corrected chi connectivity index (χ2v) is 7.20. The van der Waals surface area contributed by atoms with Crippen molar-refractivity contribution in [2.24, 2.45) is 0 Å². The third-order valence-electron chi connectivity index (χ3n) is 4.20. The van der Waals surface area contributed by atoms with Crippen LogP contribution in [0.15, 0.2) is 66.1 Å². The van der Waals surface area contributed by atoms with Gasteiger partial charge in [-0.3, -0.25) is 4.79 Å². The molecule has 2 aromatic carbocycles. The molecule has 0 saturated carbocycles. The number of ether oxygens (including phenoxy) is 2. The van der Waals surface area contributed by atoms with Gasteiger partial charge in [-0.1, -0.05) is 12.1 Å². The maximum absolute atomic E-state index is 13.3. The van der Waals surface area contributed by atoms with Crippen LogP contribution in [0.1, 0.15) is 10.4 Å². The maximum atomic E-state index is 13.3. The topological polar surface area (TPSA) is 62.6 Å². The molecular weight excluding hydrogens is 403 g/mol. The number of nitrogens with zero attached hydrogens (tertiary/aromatic N) is 2. The zero-order valence-corrected chi connectivity index (χ0v) is 17.1. The van der Waals surface area contributed by atoms with Gasteiger partial charge in [-0.15, -0.1) is 11.3 Å². The summed E-state index contributed by atoms with van der Waals surface area (Å²) >= 11 is 1.55. The van der Waals surface area contributed by atoms with Crippen LogP contribution in [0.4, 0.5) is 10.1 Å². The molecule has 5 nitrogen and oxygen atoms in total. The number of benzene rings is 2. The van der Waals surface area contributed by atoms with E-state index in [9.17, 15) is 9.18 Å². The monoisotopic (exact) mass is 422 g/mol. The molecule has 3 rings (SSSR count). The summed E-state index contributed by atoms with van der Waals surface area (Å²) in [5, 5.41) is 10.6. The summed E-state index contributed by atoms with van der Waals surface area (Å²) in [6.45, 7) is 0.302. The molecule has 0 radical (unpaired) electrons. The highest BCUT2D eigenvalue weighted by Crippen LogP contribution is 2.28. The van der Waals surface area contributed by atoms with Crippen molar-refractivity contribution in [1.82, 2.24) is 0 Å². The highest BCUT2D eigenvalue weighted by molar-refractivity contribution is 7.09. The van der Waals surface area contributed by atoms with Gasteiger partial charge in [0, 0.05) is 16.6 Å². The van der Waals surface area contributed by atoms with E-state index in [1.165, 1.54) is 25.3 Å². The van der Waals surface area contributed by atoms with E-state index >= 15 is 0 Å². The van der Waals surface area contributed by atoms with Gasteiger partial charge in [0.1, 0.15) is 11.9 Å². The minimum atomic E-state index is -0.358. The number of carbonyl (C=O) groups excluding carboxylic acids is 1. The van der Waals surface area contributed by atoms with Crippen LogP contribution in [0.25, 0.3) is 6.08 Å². The van der Waals surface area contributed by atoms with Crippen LogP contribution < -0.4 is 14.4 Å². The van der Waals surface area contributed by atoms with Gasteiger partial charge in [-0.25, -0.2) is 4.39 Å². The fraction of sp³-hybridized carbons (Fsp3) is 0.130. The zero-order valence-electron chi connectivity index (χ0n) is 16.2. The Bertz CT molecular complexity index is 1060. The van der Waals surface area contributed by atoms with Gasteiger partial charge in [0.2, 0.25) is 0 Å². The first kappa shape index (κ1) is 21.1. The van der Waals surface area contributed by atoms with Gasteiger partial charge in [0.15, 0.2) is 18.1 Å². The van der Waals surface area contributed by atoms with Crippen LogP contribution in [0, 0.1) is 17.1 Å². The summed E-state index contributed by atoms with van der Waals surface area (Å²) < 4.78 is 23.9. The quantitative estimate of drug-likeness (QED) is 0.477. The molecule has 1 heterocycles. The number of amides is 1. The Kier molecular flexibility index (Phi) is 7.19. The molecule has 0 aliphatic carbocycles. The molecule has 0 unspecified atom stereocenters. The first-order valence-electron chi connectivity index (χ1n) is 9.06.